The third-order valence-electron chi connectivity index (χ3n) is 4.38. The summed E-state index contributed by atoms with van der Waals surface area (Å²) in [5.41, 5.74) is 0. The van der Waals surface area contributed by atoms with Crippen LogP contribution in [0.2, 0.25) is 0 Å². The van der Waals surface area contributed by atoms with Gasteiger partial charge in [-0.3, -0.25) is 24.0 Å². The van der Waals surface area contributed by atoms with Crippen LogP contribution in [-0.2, 0) is 38.3 Å². The summed E-state index contributed by atoms with van der Waals surface area (Å²) in [6, 6.07) is 0.0583. The second-order valence-electron chi connectivity index (χ2n) is 7.66. The number of hydroxylamine groups is 2. The van der Waals surface area contributed by atoms with Crippen molar-refractivity contribution in [3.8, 4) is 0 Å². The van der Waals surface area contributed by atoms with Gasteiger partial charge in [0.15, 0.2) is 0 Å². The van der Waals surface area contributed by atoms with Gasteiger partial charge in [-0.1, -0.05) is 0 Å². The first-order chi connectivity index (χ1) is 14.7. The van der Waals surface area contributed by atoms with Gasteiger partial charge in [0.25, 0.3) is 11.8 Å². The van der Waals surface area contributed by atoms with E-state index in [1.165, 1.54) is 0 Å². The van der Waals surface area contributed by atoms with E-state index < -0.39 is 17.8 Å². The Morgan fingerprint density at radius 1 is 0.839 bits per heavy atom. The highest BCUT2D eigenvalue weighted by Gasteiger charge is 2.32. The largest absolute Gasteiger partial charge is 0.381 e. The number of imide groups is 1. The van der Waals surface area contributed by atoms with Crippen LogP contribution in [0.15, 0.2) is 0 Å². The number of ether oxygens (including phenoxy) is 1. The lowest BCUT2D eigenvalue weighted by molar-refractivity contribution is -0.197. The van der Waals surface area contributed by atoms with Gasteiger partial charge in [0.1, 0.15) is 11.6 Å². The minimum atomic E-state index is -0.792. The van der Waals surface area contributed by atoms with Gasteiger partial charge in [-0.15, -0.1) is 5.06 Å². The summed E-state index contributed by atoms with van der Waals surface area (Å²) >= 11 is 0. The number of carbonyl (C=O) groups excluding carboxylic acids is 6. The maximum absolute atomic E-state index is 11.8. The summed E-state index contributed by atoms with van der Waals surface area (Å²) in [6.45, 7) is 4.47. The van der Waals surface area contributed by atoms with E-state index in [2.05, 4.69) is 5.32 Å². The zero-order chi connectivity index (χ0) is 23.2. The molecule has 0 atom stereocenters. The summed E-state index contributed by atoms with van der Waals surface area (Å²) in [6.07, 6.45) is 1.84. The molecule has 1 aliphatic rings. The average molecular weight is 440 g/mol. The standard InChI is InChI=1S/C21H32N2O8/c1-15(2)22-18(26)9-7-16(24)5-3-13-30-14-4-6-17(25)8-12-21(29)31-23-19(27)10-11-20(23)28/h15H,3-14H2,1-2H3,(H,22,26). The summed E-state index contributed by atoms with van der Waals surface area (Å²) in [4.78, 5) is 74.0. The third kappa shape index (κ3) is 12.0. The molecule has 0 radical (unpaired) electrons. The molecule has 1 heterocycles. The minimum absolute atomic E-state index is 0.0156. The number of hydrogen-bond acceptors (Lipinski definition) is 8. The molecule has 1 aliphatic heterocycles. The van der Waals surface area contributed by atoms with Crippen LogP contribution in [0.25, 0.3) is 0 Å². The number of amides is 3. The second-order valence-corrected chi connectivity index (χ2v) is 7.66. The highest BCUT2D eigenvalue weighted by molar-refractivity contribution is 6.01. The van der Waals surface area contributed by atoms with Crippen molar-refractivity contribution in [1.82, 2.24) is 10.4 Å². The van der Waals surface area contributed by atoms with Gasteiger partial charge in [0.2, 0.25) is 5.91 Å². The van der Waals surface area contributed by atoms with Crippen LogP contribution in [0.1, 0.15) is 78.1 Å². The summed E-state index contributed by atoms with van der Waals surface area (Å²) in [7, 11) is 0. The lowest BCUT2D eigenvalue weighted by Crippen LogP contribution is -2.32. The Morgan fingerprint density at radius 3 is 1.87 bits per heavy atom. The molecule has 0 aromatic carbocycles. The van der Waals surface area contributed by atoms with E-state index in [0.29, 0.717) is 37.5 Å². The van der Waals surface area contributed by atoms with Crippen LogP contribution >= 0.6 is 0 Å². The number of ketones is 2. The molecule has 10 heteroatoms. The summed E-state index contributed by atoms with van der Waals surface area (Å²) in [5, 5.41) is 3.20. The third-order valence-corrected chi connectivity index (χ3v) is 4.38. The topological polar surface area (TPSA) is 136 Å². The van der Waals surface area contributed by atoms with Crippen LogP contribution in [-0.4, -0.2) is 59.6 Å². The molecule has 0 spiro atoms. The fourth-order valence-corrected chi connectivity index (χ4v) is 2.79. The molecule has 0 saturated carbocycles. The van der Waals surface area contributed by atoms with Gasteiger partial charge in [-0.2, -0.15) is 0 Å². The van der Waals surface area contributed by atoms with Crippen LogP contribution in [0.4, 0.5) is 0 Å². The van der Waals surface area contributed by atoms with E-state index >= 15 is 0 Å². The van der Waals surface area contributed by atoms with Crippen molar-refractivity contribution in [3.63, 3.8) is 0 Å². The molecule has 1 saturated heterocycles. The van der Waals surface area contributed by atoms with Gasteiger partial charge < -0.3 is 14.9 Å². The average Bonchev–Trinajstić information content (AvgIpc) is 3.01. The quantitative estimate of drug-likeness (QED) is 0.281. The van der Waals surface area contributed by atoms with Crippen LogP contribution in [0, 0.1) is 0 Å². The molecular weight excluding hydrogens is 408 g/mol. The maximum Gasteiger partial charge on any atom is 0.333 e. The summed E-state index contributed by atoms with van der Waals surface area (Å²) < 4.78 is 5.39. The highest BCUT2D eigenvalue weighted by Crippen LogP contribution is 2.13. The zero-order valence-electron chi connectivity index (χ0n) is 18.3. The first-order valence-corrected chi connectivity index (χ1v) is 10.7. The minimum Gasteiger partial charge on any atom is -0.381 e. The Bertz CT molecular complexity index is 658. The Balaban J connectivity index is 1.99. The van der Waals surface area contributed by atoms with Crippen molar-refractivity contribution in [2.75, 3.05) is 13.2 Å². The van der Waals surface area contributed by atoms with E-state index in [0.717, 1.165) is 0 Å². The lowest BCUT2D eigenvalue weighted by atomic mass is 10.1. The molecule has 0 aromatic heterocycles. The summed E-state index contributed by atoms with van der Waals surface area (Å²) in [5.74, 6) is -2.16. The molecule has 0 unspecified atom stereocenters. The molecule has 0 bridgehead atoms. The number of carbonyl (C=O) groups is 6. The highest BCUT2D eigenvalue weighted by atomic mass is 16.7. The molecule has 0 aromatic rings. The van der Waals surface area contributed by atoms with Crippen molar-refractivity contribution in [2.45, 2.75) is 84.1 Å². The molecule has 1 fully saturated rings. The van der Waals surface area contributed by atoms with Crippen molar-refractivity contribution in [2.24, 2.45) is 0 Å². The Hall–Kier alpha value is -2.62. The van der Waals surface area contributed by atoms with Crippen LogP contribution in [0.5, 0.6) is 0 Å². The van der Waals surface area contributed by atoms with E-state index in [1.54, 1.807) is 0 Å². The number of Topliss-reactive ketones (excluding diaryl/α,β-unsaturated/α-hetero) is 2. The monoisotopic (exact) mass is 440 g/mol. The Morgan fingerprint density at radius 2 is 1.35 bits per heavy atom. The molecule has 1 rings (SSSR count). The van der Waals surface area contributed by atoms with Gasteiger partial charge in [0.05, 0.1) is 6.42 Å². The van der Waals surface area contributed by atoms with Gasteiger partial charge >= 0.3 is 5.97 Å². The van der Waals surface area contributed by atoms with Crippen LogP contribution in [0.3, 0.4) is 0 Å². The zero-order valence-corrected chi connectivity index (χ0v) is 18.3. The number of nitrogens with zero attached hydrogens (tertiary/aromatic N) is 1. The van der Waals surface area contributed by atoms with Gasteiger partial charge in [-0.25, -0.2) is 4.79 Å². The maximum atomic E-state index is 11.8. The number of hydrogen-bond donors (Lipinski definition) is 1. The molecule has 1 N–H and O–H groups in total. The van der Waals surface area contributed by atoms with Gasteiger partial charge in [0, 0.05) is 64.2 Å². The predicted octanol–water partition coefficient (Wildman–Crippen LogP) is 1.39. The van der Waals surface area contributed by atoms with E-state index in [4.69, 9.17) is 9.57 Å². The van der Waals surface area contributed by atoms with Crippen molar-refractivity contribution < 1.29 is 38.3 Å². The Labute approximate surface area is 181 Å². The van der Waals surface area contributed by atoms with E-state index in [-0.39, 0.29) is 68.5 Å². The fraction of sp³-hybridized carbons (Fsp3) is 0.714. The fourth-order valence-electron chi connectivity index (χ4n) is 2.79. The first kappa shape index (κ1) is 26.4. The van der Waals surface area contributed by atoms with Crippen molar-refractivity contribution >= 4 is 35.3 Å². The smallest absolute Gasteiger partial charge is 0.333 e. The molecule has 3 amide bonds. The van der Waals surface area contributed by atoms with Crippen molar-refractivity contribution in [1.29, 1.82) is 0 Å². The lowest BCUT2D eigenvalue weighted by Gasteiger charge is -2.12. The Kier molecular flexibility index (Phi) is 12.3. The molecule has 31 heavy (non-hydrogen) atoms. The normalized spacial score (nSPS) is 13.6. The molecular formula is C21H32N2O8. The molecule has 0 aliphatic carbocycles. The van der Waals surface area contributed by atoms with E-state index in [9.17, 15) is 28.8 Å². The number of nitrogens with one attached hydrogen (secondary N) is 1. The SMILES string of the molecule is CC(C)NC(=O)CCC(=O)CCCOCCCC(=O)CCC(=O)ON1C(=O)CCC1=O. The molecule has 10 nitrogen and oxygen atoms in total. The van der Waals surface area contributed by atoms with Crippen molar-refractivity contribution in [3.05, 3.63) is 0 Å². The number of rotatable bonds is 16. The predicted molar refractivity (Wildman–Crippen MR) is 108 cm³/mol. The second kappa shape index (κ2) is 14.4. The molecule has 174 valence electrons. The van der Waals surface area contributed by atoms with E-state index in [1.807, 2.05) is 13.8 Å². The first-order valence-electron chi connectivity index (χ1n) is 10.7. The van der Waals surface area contributed by atoms with Crippen LogP contribution < -0.4 is 5.32 Å². The van der Waals surface area contributed by atoms with Gasteiger partial charge in [-0.05, 0) is 26.7 Å².